The predicted molar refractivity (Wildman–Crippen MR) is 99.8 cm³/mol. The summed E-state index contributed by atoms with van der Waals surface area (Å²) < 4.78 is 4.73. The van der Waals surface area contributed by atoms with Gasteiger partial charge in [-0.3, -0.25) is 9.59 Å². The number of likely N-dealkylation sites (N-methyl/N-ethyl adjacent to an activating group) is 1. The minimum Gasteiger partial charge on any atom is -0.467 e. The van der Waals surface area contributed by atoms with Crippen molar-refractivity contribution >= 4 is 23.5 Å². The van der Waals surface area contributed by atoms with Crippen LogP contribution in [0.4, 0.5) is 5.69 Å². The van der Waals surface area contributed by atoms with Crippen LogP contribution < -0.4 is 15.5 Å². The second kappa shape index (κ2) is 10.6. The molecule has 0 saturated heterocycles. The average molecular weight is 364 g/mol. The predicted octanol–water partition coefficient (Wildman–Crippen LogP) is 0.152. The topological polar surface area (TPSA) is 88.9 Å². The van der Waals surface area contributed by atoms with Gasteiger partial charge < -0.3 is 20.3 Å². The Morgan fingerprint density at radius 3 is 2.19 bits per heavy atom. The highest BCUT2D eigenvalue weighted by Gasteiger charge is 2.24. The first kappa shape index (κ1) is 21.6. The molecule has 3 N–H and O–H groups in total. The summed E-state index contributed by atoms with van der Waals surface area (Å²) in [6.45, 7) is 6.15. The molecule has 0 bridgehead atoms. The highest BCUT2D eigenvalue weighted by Crippen LogP contribution is 2.08. The van der Waals surface area contributed by atoms with Crippen LogP contribution in [0.2, 0.25) is 0 Å². The van der Waals surface area contributed by atoms with Crippen molar-refractivity contribution < 1.29 is 24.0 Å². The summed E-state index contributed by atoms with van der Waals surface area (Å²) in [4.78, 5) is 36.7. The lowest BCUT2D eigenvalue weighted by atomic mass is 10.0. The number of quaternary nitrogens is 1. The van der Waals surface area contributed by atoms with Gasteiger partial charge in [-0.1, -0.05) is 31.5 Å². The fraction of sp³-hybridized carbons (Fsp3) is 0.526. The van der Waals surface area contributed by atoms with Gasteiger partial charge in [0.2, 0.25) is 0 Å². The Bertz CT molecular complexity index is 614. The molecule has 0 heterocycles. The van der Waals surface area contributed by atoms with Gasteiger partial charge >= 0.3 is 5.97 Å². The zero-order chi connectivity index (χ0) is 19.7. The van der Waals surface area contributed by atoms with Gasteiger partial charge in [0.05, 0.1) is 14.2 Å². The summed E-state index contributed by atoms with van der Waals surface area (Å²) in [6, 6.07) is 6.84. The number of aryl methyl sites for hydroxylation is 1. The molecule has 0 spiro atoms. The molecular weight excluding hydrogens is 334 g/mol. The standard InChI is InChI=1S/C19H29N3O4/c1-13(2)10-16(19(25)26-5)21-18(24)12-22(4)11-17(23)20-15-8-6-14(3)7-9-15/h6-9,13,16H,10-12H2,1-5H3,(H,20,23)(H,21,24)/p+1/t16-/m1/s1. The Hall–Kier alpha value is -2.41. The Labute approximate surface area is 155 Å². The molecule has 0 aliphatic rings. The van der Waals surface area contributed by atoms with Crippen LogP contribution in [0.15, 0.2) is 24.3 Å². The van der Waals surface area contributed by atoms with E-state index in [1.807, 2.05) is 45.0 Å². The SMILES string of the molecule is COC(=O)[C@@H](CC(C)C)NC(=O)C[NH+](C)CC(=O)Nc1ccc(C)cc1. The first-order chi connectivity index (χ1) is 12.2. The Morgan fingerprint density at radius 2 is 1.65 bits per heavy atom. The van der Waals surface area contributed by atoms with Gasteiger partial charge in [-0.2, -0.15) is 0 Å². The van der Waals surface area contributed by atoms with E-state index in [4.69, 9.17) is 4.74 Å². The minimum absolute atomic E-state index is 0.0902. The molecule has 144 valence electrons. The van der Waals surface area contributed by atoms with Gasteiger partial charge in [0, 0.05) is 5.69 Å². The molecule has 0 aliphatic heterocycles. The number of ether oxygens (including phenoxy) is 1. The van der Waals surface area contributed by atoms with E-state index in [1.54, 1.807) is 7.05 Å². The normalized spacial score (nSPS) is 13.0. The van der Waals surface area contributed by atoms with E-state index in [2.05, 4.69) is 10.6 Å². The van der Waals surface area contributed by atoms with Crippen LogP contribution in [-0.4, -0.2) is 51.1 Å². The van der Waals surface area contributed by atoms with Crippen molar-refractivity contribution in [2.24, 2.45) is 5.92 Å². The van der Waals surface area contributed by atoms with Crippen molar-refractivity contribution in [2.75, 3.05) is 32.6 Å². The molecule has 7 heteroatoms. The van der Waals surface area contributed by atoms with Gasteiger partial charge in [0.25, 0.3) is 11.8 Å². The minimum atomic E-state index is -0.665. The number of anilines is 1. The van der Waals surface area contributed by atoms with E-state index in [1.165, 1.54) is 7.11 Å². The van der Waals surface area contributed by atoms with Crippen molar-refractivity contribution in [3.8, 4) is 0 Å². The number of carbonyl (C=O) groups is 3. The molecule has 1 rings (SSSR count). The molecule has 0 radical (unpaired) electrons. The monoisotopic (exact) mass is 364 g/mol. The third-order valence-electron chi connectivity index (χ3n) is 3.79. The molecule has 7 nitrogen and oxygen atoms in total. The molecule has 2 atom stereocenters. The number of esters is 1. The second-order valence-electron chi connectivity index (χ2n) is 7.00. The van der Waals surface area contributed by atoms with Crippen molar-refractivity contribution in [3.05, 3.63) is 29.8 Å². The van der Waals surface area contributed by atoms with Crippen LogP contribution in [0, 0.1) is 12.8 Å². The molecule has 1 aromatic rings. The molecule has 0 aromatic heterocycles. The number of carbonyl (C=O) groups excluding carboxylic acids is 3. The molecule has 0 saturated carbocycles. The zero-order valence-electron chi connectivity index (χ0n) is 16.2. The fourth-order valence-electron chi connectivity index (χ4n) is 2.53. The van der Waals surface area contributed by atoms with E-state index < -0.39 is 12.0 Å². The largest absolute Gasteiger partial charge is 0.467 e. The summed E-state index contributed by atoms with van der Waals surface area (Å²) in [6.07, 6.45) is 0.505. The lowest BCUT2D eigenvalue weighted by molar-refractivity contribution is -0.862. The maximum atomic E-state index is 12.2. The summed E-state index contributed by atoms with van der Waals surface area (Å²) in [7, 11) is 3.05. The number of nitrogens with one attached hydrogen (secondary N) is 3. The van der Waals surface area contributed by atoms with Crippen molar-refractivity contribution in [1.82, 2.24) is 5.32 Å². The lowest BCUT2D eigenvalue weighted by Crippen LogP contribution is -3.11. The number of amides is 2. The van der Waals surface area contributed by atoms with Gasteiger partial charge in [-0.25, -0.2) is 4.79 Å². The molecular formula is C19H30N3O4+. The number of methoxy groups -OCH3 is 1. The van der Waals surface area contributed by atoms with Crippen LogP contribution >= 0.6 is 0 Å². The summed E-state index contributed by atoms with van der Waals surface area (Å²) in [5, 5.41) is 5.50. The van der Waals surface area contributed by atoms with Crippen LogP contribution in [0.1, 0.15) is 25.8 Å². The summed E-state index contributed by atoms with van der Waals surface area (Å²) in [5.74, 6) is -0.681. The summed E-state index contributed by atoms with van der Waals surface area (Å²) >= 11 is 0. The maximum Gasteiger partial charge on any atom is 0.328 e. The molecule has 1 unspecified atom stereocenters. The van der Waals surface area contributed by atoms with E-state index in [0.717, 1.165) is 16.2 Å². The van der Waals surface area contributed by atoms with E-state index in [-0.39, 0.29) is 30.8 Å². The Balaban J connectivity index is 2.48. The lowest BCUT2D eigenvalue weighted by Gasteiger charge is -2.19. The Morgan fingerprint density at radius 1 is 1.08 bits per heavy atom. The van der Waals surface area contributed by atoms with Crippen LogP contribution in [0.25, 0.3) is 0 Å². The van der Waals surface area contributed by atoms with Gasteiger partial charge in [0.1, 0.15) is 6.04 Å². The number of rotatable bonds is 9. The van der Waals surface area contributed by atoms with Gasteiger partial charge in [-0.05, 0) is 31.4 Å². The number of hydrogen-bond acceptors (Lipinski definition) is 4. The third-order valence-corrected chi connectivity index (χ3v) is 3.79. The number of benzene rings is 1. The molecule has 1 aromatic carbocycles. The quantitative estimate of drug-likeness (QED) is 0.544. The molecule has 26 heavy (non-hydrogen) atoms. The van der Waals surface area contributed by atoms with E-state index >= 15 is 0 Å². The van der Waals surface area contributed by atoms with Crippen LogP contribution in [0.3, 0.4) is 0 Å². The maximum absolute atomic E-state index is 12.2. The van der Waals surface area contributed by atoms with Gasteiger partial charge in [-0.15, -0.1) is 0 Å². The van der Waals surface area contributed by atoms with Crippen LogP contribution in [0.5, 0.6) is 0 Å². The molecule has 0 aliphatic carbocycles. The first-order valence-electron chi connectivity index (χ1n) is 8.76. The first-order valence-corrected chi connectivity index (χ1v) is 8.76. The highest BCUT2D eigenvalue weighted by atomic mass is 16.5. The average Bonchev–Trinajstić information content (AvgIpc) is 2.54. The van der Waals surface area contributed by atoms with Crippen molar-refractivity contribution in [2.45, 2.75) is 33.2 Å². The van der Waals surface area contributed by atoms with Crippen LogP contribution in [-0.2, 0) is 19.1 Å². The molecule has 2 amide bonds. The van der Waals surface area contributed by atoms with Gasteiger partial charge in [0.15, 0.2) is 13.1 Å². The van der Waals surface area contributed by atoms with Crippen molar-refractivity contribution in [3.63, 3.8) is 0 Å². The Kier molecular flexibility index (Phi) is 8.78. The smallest absolute Gasteiger partial charge is 0.328 e. The molecule has 0 fully saturated rings. The summed E-state index contributed by atoms with van der Waals surface area (Å²) in [5.41, 5.74) is 1.84. The highest BCUT2D eigenvalue weighted by molar-refractivity contribution is 5.91. The fourth-order valence-corrected chi connectivity index (χ4v) is 2.53. The van der Waals surface area contributed by atoms with Crippen molar-refractivity contribution in [1.29, 1.82) is 0 Å². The van der Waals surface area contributed by atoms with E-state index in [9.17, 15) is 14.4 Å². The second-order valence-corrected chi connectivity index (χ2v) is 7.00. The number of hydrogen-bond donors (Lipinski definition) is 3. The van der Waals surface area contributed by atoms with E-state index in [0.29, 0.717) is 6.42 Å². The zero-order valence-corrected chi connectivity index (χ0v) is 16.2. The third kappa shape index (κ3) is 8.11.